The maximum Gasteiger partial charge on any atom is 0.322 e. The second-order valence-electron chi connectivity index (χ2n) is 7.38. The summed E-state index contributed by atoms with van der Waals surface area (Å²) in [6.45, 7) is 4.36. The highest BCUT2D eigenvalue weighted by Gasteiger charge is 2.45. The molecular formula is C19H28N4O3. The van der Waals surface area contributed by atoms with E-state index in [9.17, 15) is 9.59 Å². The number of amides is 3. The minimum Gasteiger partial charge on any atom is -0.370 e. The van der Waals surface area contributed by atoms with Crippen molar-refractivity contribution >= 4 is 17.6 Å². The van der Waals surface area contributed by atoms with Crippen molar-refractivity contribution in [2.24, 2.45) is 5.92 Å². The van der Waals surface area contributed by atoms with Crippen LogP contribution in [0.5, 0.6) is 0 Å². The van der Waals surface area contributed by atoms with Crippen LogP contribution in [0.15, 0.2) is 24.3 Å². The van der Waals surface area contributed by atoms with Gasteiger partial charge in [-0.3, -0.25) is 4.79 Å². The predicted molar refractivity (Wildman–Crippen MR) is 100 cm³/mol. The molecule has 2 heterocycles. The molecule has 0 aliphatic carbocycles. The number of morpholine rings is 1. The Bertz CT molecular complexity index is 664. The number of fused-ring (bicyclic) bond motifs is 2. The summed E-state index contributed by atoms with van der Waals surface area (Å²) in [6.07, 6.45) is 0.378. The molecule has 142 valence electrons. The van der Waals surface area contributed by atoms with E-state index in [0.29, 0.717) is 26.1 Å². The normalized spacial score (nSPS) is 24.6. The highest BCUT2D eigenvalue weighted by Crippen LogP contribution is 2.32. The van der Waals surface area contributed by atoms with E-state index in [2.05, 4.69) is 10.6 Å². The lowest BCUT2D eigenvalue weighted by atomic mass is 9.99. The number of para-hydroxylation sites is 1. The number of nitrogens with one attached hydrogen (secondary N) is 2. The van der Waals surface area contributed by atoms with Gasteiger partial charge in [-0.1, -0.05) is 18.2 Å². The Morgan fingerprint density at radius 1 is 1.27 bits per heavy atom. The Balaban J connectivity index is 1.55. The number of benzene rings is 1. The van der Waals surface area contributed by atoms with Crippen LogP contribution in [0.3, 0.4) is 0 Å². The Labute approximate surface area is 154 Å². The molecule has 0 spiro atoms. The second kappa shape index (κ2) is 8.05. The van der Waals surface area contributed by atoms with Crippen molar-refractivity contribution < 1.29 is 14.3 Å². The number of likely N-dealkylation sites (N-methyl/N-ethyl adjacent to an activating group) is 1. The molecule has 0 aromatic heterocycles. The highest BCUT2D eigenvalue weighted by molar-refractivity contribution is 5.90. The Morgan fingerprint density at radius 2 is 2.04 bits per heavy atom. The molecule has 0 radical (unpaired) electrons. The van der Waals surface area contributed by atoms with E-state index in [0.717, 1.165) is 17.8 Å². The molecule has 7 heteroatoms. The number of anilines is 1. The minimum absolute atomic E-state index is 0.0283. The van der Waals surface area contributed by atoms with E-state index in [1.54, 1.807) is 4.90 Å². The van der Waals surface area contributed by atoms with E-state index in [-0.39, 0.29) is 30.1 Å². The lowest BCUT2D eigenvalue weighted by Gasteiger charge is -2.33. The second-order valence-corrected chi connectivity index (χ2v) is 7.38. The summed E-state index contributed by atoms with van der Waals surface area (Å²) in [5.74, 6) is -0.154. The molecule has 3 rings (SSSR count). The van der Waals surface area contributed by atoms with Gasteiger partial charge in [0.2, 0.25) is 5.91 Å². The van der Waals surface area contributed by atoms with Crippen LogP contribution in [0.25, 0.3) is 0 Å². The number of urea groups is 1. The SMILES string of the molecule is Cc1ccccc1NC(=O)N1CC2CC(C(=O)NCCN(C)C)C(C1)O2. The first-order valence-corrected chi connectivity index (χ1v) is 9.13. The first kappa shape index (κ1) is 18.7. The first-order valence-electron chi connectivity index (χ1n) is 9.13. The van der Waals surface area contributed by atoms with Gasteiger partial charge in [0.15, 0.2) is 0 Å². The van der Waals surface area contributed by atoms with Gasteiger partial charge in [-0.05, 0) is 39.1 Å². The minimum atomic E-state index is -0.226. The molecule has 3 amide bonds. The molecule has 7 nitrogen and oxygen atoms in total. The van der Waals surface area contributed by atoms with Gasteiger partial charge in [-0.15, -0.1) is 0 Å². The van der Waals surface area contributed by atoms with Crippen LogP contribution in [0.4, 0.5) is 10.5 Å². The van der Waals surface area contributed by atoms with E-state index >= 15 is 0 Å². The summed E-state index contributed by atoms with van der Waals surface area (Å²) in [6, 6.07) is 7.57. The van der Waals surface area contributed by atoms with Gasteiger partial charge in [0.05, 0.1) is 18.1 Å². The summed E-state index contributed by atoms with van der Waals surface area (Å²) in [5, 5.41) is 5.95. The molecule has 0 saturated carbocycles. The molecule has 2 saturated heterocycles. The molecule has 1 aromatic rings. The van der Waals surface area contributed by atoms with Crippen molar-refractivity contribution in [2.75, 3.05) is 45.6 Å². The zero-order chi connectivity index (χ0) is 18.7. The molecule has 2 bridgehead atoms. The third kappa shape index (κ3) is 4.34. The zero-order valence-corrected chi connectivity index (χ0v) is 15.7. The summed E-state index contributed by atoms with van der Waals surface area (Å²) in [7, 11) is 3.95. The van der Waals surface area contributed by atoms with Crippen molar-refractivity contribution in [3.05, 3.63) is 29.8 Å². The van der Waals surface area contributed by atoms with Gasteiger partial charge in [0.25, 0.3) is 0 Å². The smallest absolute Gasteiger partial charge is 0.322 e. The number of carbonyl (C=O) groups excluding carboxylic acids is 2. The van der Waals surface area contributed by atoms with E-state index in [1.807, 2.05) is 50.2 Å². The van der Waals surface area contributed by atoms with Crippen molar-refractivity contribution in [3.63, 3.8) is 0 Å². The van der Waals surface area contributed by atoms with Crippen LogP contribution in [-0.2, 0) is 9.53 Å². The van der Waals surface area contributed by atoms with Gasteiger partial charge in [0, 0.05) is 31.9 Å². The highest BCUT2D eigenvalue weighted by atomic mass is 16.5. The zero-order valence-electron chi connectivity index (χ0n) is 15.7. The summed E-state index contributed by atoms with van der Waals surface area (Å²) < 4.78 is 5.92. The molecule has 2 N–H and O–H groups in total. The lowest BCUT2D eigenvalue weighted by Crippen LogP contribution is -2.49. The number of nitrogens with zero attached hydrogens (tertiary/aromatic N) is 2. The van der Waals surface area contributed by atoms with Gasteiger partial charge in [-0.2, -0.15) is 0 Å². The molecule has 2 fully saturated rings. The number of hydrogen-bond donors (Lipinski definition) is 2. The third-order valence-corrected chi connectivity index (χ3v) is 5.03. The van der Waals surface area contributed by atoms with Crippen LogP contribution < -0.4 is 10.6 Å². The molecule has 2 aliphatic heterocycles. The number of likely N-dealkylation sites (tertiary alicyclic amines) is 1. The summed E-state index contributed by atoms with van der Waals surface area (Å²) in [4.78, 5) is 28.9. The third-order valence-electron chi connectivity index (χ3n) is 5.03. The van der Waals surface area contributed by atoms with Crippen LogP contribution in [-0.4, -0.2) is 74.2 Å². The molecule has 26 heavy (non-hydrogen) atoms. The fourth-order valence-electron chi connectivity index (χ4n) is 3.54. The average molecular weight is 360 g/mol. The molecule has 1 aromatic carbocycles. The number of hydrogen-bond acceptors (Lipinski definition) is 4. The number of aryl methyl sites for hydroxylation is 1. The Morgan fingerprint density at radius 3 is 2.77 bits per heavy atom. The fourth-order valence-corrected chi connectivity index (χ4v) is 3.54. The van der Waals surface area contributed by atoms with E-state index < -0.39 is 0 Å². The quantitative estimate of drug-likeness (QED) is 0.830. The number of rotatable bonds is 5. The van der Waals surface area contributed by atoms with Crippen LogP contribution in [0.1, 0.15) is 12.0 Å². The molecule has 3 unspecified atom stereocenters. The summed E-state index contributed by atoms with van der Waals surface area (Å²) >= 11 is 0. The van der Waals surface area contributed by atoms with Crippen LogP contribution >= 0.6 is 0 Å². The maximum absolute atomic E-state index is 12.6. The number of carbonyl (C=O) groups is 2. The maximum atomic E-state index is 12.6. The van der Waals surface area contributed by atoms with Crippen molar-refractivity contribution in [2.45, 2.75) is 25.6 Å². The lowest BCUT2D eigenvalue weighted by molar-refractivity contribution is -0.127. The Kier molecular flexibility index (Phi) is 5.78. The van der Waals surface area contributed by atoms with E-state index in [1.165, 1.54) is 0 Å². The topological polar surface area (TPSA) is 73.9 Å². The molecular weight excluding hydrogens is 332 g/mol. The average Bonchev–Trinajstić information content (AvgIpc) is 2.90. The van der Waals surface area contributed by atoms with E-state index in [4.69, 9.17) is 4.74 Å². The predicted octanol–water partition coefficient (Wildman–Crippen LogP) is 1.29. The van der Waals surface area contributed by atoms with Crippen LogP contribution in [0.2, 0.25) is 0 Å². The van der Waals surface area contributed by atoms with Gasteiger partial charge >= 0.3 is 6.03 Å². The van der Waals surface area contributed by atoms with Gasteiger partial charge < -0.3 is 25.2 Å². The largest absolute Gasteiger partial charge is 0.370 e. The summed E-state index contributed by atoms with van der Waals surface area (Å²) in [5.41, 5.74) is 1.84. The van der Waals surface area contributed by atoms with Gasteiger partial charge in [0.1, 0.15) is 0 Å². The first-order chi connectivity index (χ1) is 12.4. The standard InChI is InChI=1S/C19H28N4O3/c1-13-6-4-5-7-16(13)21-19(25)23-11-14-10-15(17(12-23)26-14)18(24)20-8-9-22(2)3/h4-7,14-15,17H,8-12H2,1-3H3,(H,20,24)(H,21,25). The van der Waals surface area contributed by atoms with Gasteiger partial charge in [-0.25, -0.2) is 4.79 Å². The fraction of sp³-hybridized carbons (Fsp3) is 0.579. The van der Waals surface area contributed by atoms with Crippen molar-refractivity contribution in [3.8, 4) is 0 Å². The Hall–Kier alpha value is -2.12. The van der Waals surface area contributed by atoms with Crippen molar-refractivity contribution in [1.29, 1.82) is 0 Å². The van der Waals surface area contributed by atoms with Crippen molar-refractivity contribution in [1.82, 2.24) is 15.1 Å². The number of ether oxygens (including phenoxy) is 1. The molecule has 3 atom stereocenters. The monoisotopic (exact) mass is 360 g/mol. The van der Waals surface area contributed by atoms with Crippen LogP contribution in [0, 0.1) is 12.8 Å². The molecule has 2 aliphatic rings.